The molecule has 4 heteroatoms. The second-order valence-electron chi connectivity index (χ2n) is 3.70. The Balaban J connectivity index is 2.70. The normalized spacial score (nSPS) is 14.2. The van der Waals surface area contributed by atoms with Gasteiger partial charge in [0.05, 0.1) is 24.3 Å². The third-order valence-electron chi connectivity index (χ3n) is 2.30. The maximum Gasteiger partial charge on any atom is 0.306 e. The highest BCUT2D eigenvalue weighted by Gasteiger charge is 2.17. The van der Waals surface area contributed by atoms with E-state index in [0.29, 0.717) is 0 Å². The first-order valence-electron chi connectivity index (χ1n) is 5.08. The SMILES string of the molecule is COC(=O)CC(C)S(=O)c1ccc(C)cc1. The lowest BCUT2D eigenvalue weighted by atomic mass is 10.2. The average molecular weight is 240 g/mol. The maximum absolute atomic E-state index is 12.0. The van der Waals surface area contributed by atoms with Crippen molar-refractivity contribution in [3.05, 3.63) is 29.8 Å². The second-order valence-corrected chi connectivity index (χ2v) is 5.57. The Morgan fingerprint density at radius 3 is 2.44 bits per heavy atom. The molecule has 0 fully saturated rings. The molecule has 2 unspecified atom stereocenters. The number of carbonyl (C=O) groups is 1. The van der Waals surface area contributed by atoms with Crippen LogP contribution in [-0.2, 0) is 20.3 Å². The number of hydrogen-bond donors (Lipinski definition) is 0. The third kappa shape index (κ3) is 3.45. The van der Waals surface area contributed by atoms with Gasteiger partial charge in [-0.25, -0.2) is 0 Å². The number of aryl methyl sites for hydroxylation is 1. The highest BCUT2D eigenvalue weighted by atomic mass is 32.2. The molecule has 0 aliphatic rings. The zero-order chi connectivity index (χ0) is 12.1. The van der Waals surface area contributed by atoms with Gasteiger partial charge in [-0.15, -0.1) is 0 Å². The molecule has 88 valence electrons. The molecule has 0 bridgehead atoms. The predicted molar refractivity (Wildman–Crippen MR) is 63.7 cm³/mol. The monoisotopic (exact) mass is 240 g/mol. The van der Waals surface area contributed by atoms with E-state index in [9.17, 15) is 9.00 Å². The molecule has 0 saturated heterocycles. The molecule has 0 radical (unpaired) electrons. The van der Waals surface area contributed by atoms with E-state index in [-0.39, 0.29) is 17.6 Å². The van der Waals surface area contributed by atoms with Crippen LogP contribution in [0, 0.1) is 6.92 Å². The first-order chi connectivity index (χ1) is 7.54. The Kier molecular flexibility index (Phi) is 4.68. The van der Waals surface area contributed by atoms with Crippen molar-refractivity contribution in [2.24, 2.45) is 0 Å². The first-order valence-corrected chi connectivity index (χ1v) is 6.30. The molecule has 1 aromatic rings. The molecule has 0 aromatic heterocycles. The zero-order valence-electron chi connectivity index (χ0n) is 9.73. The van der Waals surface area contributed by atoms with Crippen LogP contribution in [0.25, 0.3) is 0 Å². The Bertz CT molecular complexity index is 384. The fourth-order valence-electron chi connectivity index (χ4n) is 1.30. The molecule has 1 aromatic carbocycles. The van der Waals surface area contributed by atoms with Crippen molar-refractivity contribution in [2.45, 2.75) is 30.4 Å². The summed E-state index contributed by atoms with van der Waals surface area (Å²) in [4.78, 5) is 11.8. The van der Waals surface area contributed by atoms with Crippen molar-refractivity contribution < 1.29 is 13.7 Å². The van der Waals surface area contributed by atoms with Crippen LogP contribution in [0.1, 0.15) is 18.9 Å². The molecule has 0 amide bonds. The fourth-order valence-corrected chi connectivity index (χ4v) is 2.45. The first kappa shape index (κ1) is 12.9. The Morgan fingerprint density at radius 2 is 1.94 bits per heavy atom. The Hall–Kier alpha value is -1.16. The molecule has 3 nitrogen and oxygen atoms in total. The van der Waals surface area contributed by atoms with Gasteiger partial charge in [-0.1, -0.05) is 17.7 Å². The van der Waals surface area contributed by atoms with Gasteiger partial charge in [0.1, 0.15) is 0 Å². The summed E-state index contributed by atoms with van der Waals surface area (Å²) in [7, 11) is 0.178. The van der Waals surface area contributed by atoms with Gasteiger partial charge in [-0.2, -0.15) is 0 Å². The van der Waals surface area contributed by atoms with Crippen molar-refractivity contribution in [1.29, 1.82) is 0 Å². The molecule has 0 heterocycles. The van der Waals surface area contributed by atoms with Gasteiger partial charge >= 0.3 is 5.97 Å². The van der Waals surface area contributed by atoms with Crippen molar-refractivity contribution in [3.8, 4) is 0 Å². The summed E-state index contributed by atoms with van der Waals surface area (Å²) in [6, 6.07) is 7.49. The molecule has 16 heavy (non-hydrogen) atoms. The molecule has 2 atom stereocenters. The van der Waals surface area contributed by atoms with Crippen LogP contribution < -0.4 is 0 Å². The minimum Gasteiger partial charge on any atom is -0.469 e. The smallest absolute Gasteiger partial charge is 0.306 e. The van der Waals surface area contributed by atoms with E-state index in [2.05, 4.69) is 4.74 Å². The van der Waals surface area contributed by atoms with Crippen LogP contribution >= 0.6 is 0 Å². The quantitative estimate of drug-likeness (QED) is 0.757. The summed E-state index contributed by atoms with van der Waals surface area (Å²) in [5, 5.41) is -0.227. The number of rotatable bonds is 4. The van der Waals surface area contributed by atoms with Crippen LogP contribution in [0.2, 0.25) is 0 Å². The van der Waals surface area contributed by atoms with Gasteiger partial charge in [0.2, 0.25) is 0 Å². The summed E-state index contributed by atoms with van der Waals surface area (Å²) in [5.74, 6) is -0.326. The van der Waals surface area contributed by atoms with E-state index >= 15 is 0 Å². The van der Waals surface area contributed by atoms with Crippen LogP contribution in [0.5, 0.6) is 0 Å². The molecule has 0 saturated carbocycles. The number of ether oxygens (including phenoxy) is 1. The lowest BCUT2D eigenvalue weighted by molar-refractivity contribution is -0.140. The van der Waals surface area contributed by atoms with E-state index in [1.807, 2.05) is 31.2 Å². The predicted octanol–water partition coefficient (Wildman–Crippen LogP) is 2.05. The van der Waals surface area contributed by atoms with Crippen LogP contribution in [-0.4, -0.2) is 22.5 Å². The Morgan fingerprint density at radius 1 is 1.38 bits per heavy atom. The van der Waals surface area contributed by atoms with E-state index in [0.717, 1.165) is 10.5 Å². The molecule has 0 spiro atoms. The summed E-state index contributed by atoms with van der Waals surface area (Å²) in [5.41, 5.74) is 1.13. The highest BCUT2D eigenvalue weighted by molar-refractivity contribution is 7.85. The number of esters is 1. The van der Waals surface area contributed by atoms with Gasteiger partial charge < -0.3 is 4.74 Å². The summed E-state index contributed by atoms with van der Waals surface area (Å²) in [6.45, 7) is 3.76. The van der Waals surface area contributed by atoms with Crippen molar-refractivity contribution in [2.75, 3.05) is 7.11 Å². The number of hydrogen-bond acceptors (Lipinski definition) is 3. The average Bonchev–Trinajstić information content (AvgIpc) is 2.28. The van der Waals surface area contributed by atoms with Crippen LogP contribution in [0.15, 0.2) is 29.2 Å². The zero-order valence-corrected chi connectivity index (χ0v) is 10.5. The number of methoxy groups -OCH3 is 1. The standard InChI is InChI=1S/C12H16O3S/c1-9-4-6-11(7-5-9)16(14)10(2)8-12(13)15-3/h4-7,10H,8H2,1-3H3. The van der Waals surface area contributed by atoms with E-state index < -0.39 is 10.8 Å². The van der Waals surface area contributed by atoms with Crippen molar-refractivity contribution in [3.63, 3.8) is 0 Å². The topological polar surface area (TPSA) is 43.4 Å². The summed E-state index contributed by atoms with van der Waals surface area (Å²) >= 11 is 0. The van der Waals surface area contributed by atoms with Crippen LogP contribution in [0.3, 0.4) is 0 Å². The van der Waals surface area contributed by atoms with Crippen molar-refractivity contribution in [1.82, 2.24) is 0 Å². The minimum absolute atomic E-state index is 0.178. The molecule has 1 rings (SSSR count). The van der Waals surface area contributed by atoms with Gasteiger partial charge in [0, 0.05) is 10.1 Å². The van der Waals surface area contributed by atoms with E-state index in [4.69, 9.17) is 0 Å². The van der Waals surface area contributed by atoms with Gasteiger partial charge in [0.25, 0.3) is 0 Å². The minimum atomic E-state index is -1.16. The molecular formula is C12H16O3S. The lowest BCUT2D eigenvalue weighted by Gasteiger charge is -2.10. The number of benzene rings is 1. The molecule has 0 aliphatic heterocycles. The van der Waals surface area contributed by atoms with E-state index in [1.165, 1.54) is 7.11 Å². The molecule has 0 N–H and O–H groups in total. The Labute approximate surface area is 98.3 Å². The van der Waals surface area contributed by atoms with Gasteiger partial charge in [-0.3, -0.25) is 9.00 Å². The number of carbonyl (C=O) groups excluding carboxylic acids is 1. The third-order valence-corrected chi connectivity index (χ3v) is 3.93. The van der Waals surface area contributed by atoms with Crippen LogP contribution in [0.4, 0.5) is 0 Å². The van der Waals surface area contributed by atoms with E-state index in [1.54, 1.807) is 6.92 Å². The molecular weight excluding hydrogens is 224 g/mol. The van der Waals surface area contributed by atoms with Crippen molar-refractivity contribution >= 4 is 16.8 Å². The fraction of sp³-hybridized carbons (Fsp3) is 0.417. The summed E-state index contributed by atoms with van der Waals surface area (Å²) < 4.78 is 16.6. The van der Waals surface area contributed by atoms with Gasteiger partial charge in [0.15, 0.2) is 0 Å². The summed E-state index contributed by atoms with van der Waals surface area (Å²) in [6.07, 6.45) is 0.178. The largest absolute Gasteiger partial charge is 0.469 e. The highest BCUT2D eigenvalue weighted by Crippen LogP contribution is 2.14. The van der Waals surface area contributed by atoms with Gasteiger partial charge in [-0.05, 0) is 26.0 Å². The molecule has 0 aliphatic carbocycles. The maximum atomic E-state index is 12.0. The lowest BCUT2D eigenvalue weighted by Crippen LogP contribution is -2.17. The second kappa shape index (κ2) is 5.80.